The van der Waals surface area contributed by atoms with Gasteiger partial charge < -0.3 is 19.9 Å². The molecule has 1 rings (SSSR count). The average molecular weight is 239 g/mol. The minimum absolute atomic E-state index is 0.397. The summed E-state index contributed by atoms with van der Waals surface area (Å²) in [6, 6.07) is 9.73. The topological polar surface area (TPSA) is 50.7 Å². The molecular weight excluding hydrogens is 218 g/mol. The van der Waals surface area contributed by atoms with Crippen molar-refractivity contribution in [3.63, 3.8) is 0 Å². The van der Waals surface area contributed by atoms with Crippen LogP contribution in [0.4, 0.5) is 5.69 Å². The highest BCUT2D eigenvalue weighted by Crippen LogP contribution is 2.07. The smallest absolute Gasteiger partial charge is 0.185 e. The van der Waals surface area contributed by atoms with E-state index in [-0.39, 0.29) is 0 Å². The van der Waals surface area contributed by atoms with E-state index in [1.165, 1.54) is 0 Å². The van der Waals surface area contributed by atoms with Gasteiger partial charge in [0.15, 0.2) is 6.29 Å². The van der Waals surface area contributed by atoms with Gasteiger partial charge in [-0.2, -0.15) is 0 Å². The Morgan fingerprint density at radius 2 is 1.71 bits per heavy atom. The first-order chi connectivity index (χ1) is 8.27. The van der Waals surface area contributed by atoms with E-state index >= 15 is 0 Å². The first kappa shape index (κ1) is 14.0. The summed E-state index contributed by atoms with van der Waals surface area (Å²) in [6.07, 6.45) is -1.25. The van der Waals surface area contributed by atoms with E-state index in [4.69, 9.17) is 9.47 Å². The summed E-state index contributed by atoms with van der Waals surface area (Å²) < 4.78 is 10.6. The molecule has 1 unspecified atom stereocenters. The molecule has 0 spiro atoms. The molecule has 1 aromatic carbocycles. The molecule has 0 aliphatic heterocycles. The van der Waals surface area contributed by atoms with Gasteiger partial charge in [-0.05, 0) is 26.0 Å². The van der Waals surface area contributed by atoms with E-state index in [2.05, 4.69) is 5.32 Å². The maximum Gasteiger partial charge on any atom is 0.185 e. The van der Waals surface area contributed by atoms with Crippen molar-refractivity contribution in [3.8, 4) is 0 Å². The zero-order valence-electron chi connectivity index (χ0n) is 10.4. The minimum atomic E-state index is -0.685. The third-order valence-electron chi connectivity index (χ3n) is 2.27. The number of nitrogens with one attached hydrogen (secondary N) is 1. The number of hydrogen-bond donors (Lipinski definition) is 2. The summed E-state index contributed by atoms with van der Waals surface area (Å²) in [7, 11) is 0. The van der Waals surface area contributed by atoms with Gasteiger partial charge in [0.1, 0.15) is 6.10 Å². The fourth-order valence-corrected chi connectivity index (χ4v) is 1.47. The van der Waals surface area contributed by atoms with E-state index in [9.17, 15) is 5.11 Å². The van der Waals surface area contributed by atoms with E-state index in [0.29, 0.717) is 19.8 Å². The van der Waals surface area contributed by atoms with Crippen LogP contribution in [0, 0.1) is 0 Å². The molecule has 0 fully saturated rings. The van der Waals surface area contributed by atoms with Crippen molar-refractivity contribution < 1.29 is 14.6 Å². The molecule has 0 aromatic heterocycles. The van der Waals surface area contributed by atoms with E-state index in [0.717, 1.165) is 5.69 Å². The van der Waals surface area contributed by atoms with Crippen molar-refractivity contribution >= 4 is 5.69 Å². The number of ether oxygens (including phenoxy) is 2. The number of para-hydroxylation sites is 1. The second-order valence-corrected chi connectivity index (χ2v) is 3.59. The molecular formula is C13H21NO3. The van der Waals surface area contributed by atoms with Crippen LogP contribution in [0.15, 0.2) is 30.3 Å². The lowest BCUT2D eigenvalue weighted by molar-refractivity contribution is -0.185. The number of aliphatic hydroxyl groups is 1. The number of anilines is 1. The summed E-state index contributed by atoms with van der Waals surface area (Å²) in [6.45, 7) is 5.20. The van der Waals surface area contributed by atoms with Crippen LogP contribution in [0.2, 0.25) is 0 Å². The highest BCUT2D eigenvalue weighted by molar-refractivity contribution is 5.42. The minimum Gasteiger partial charge on any atom is -0.386 e. The maximum absolute atomic E-state index is 9.92. The van der Waals surface area contributed by atoms with Crippen molar-refractivity contribution in [2.24, 2.45) is 0 Å². The molecule has 1 atom stereocenters. The Balaban J connectivity index is 2.38. The SMILES string of the molecule is CCOC(OCC)C(O)CNc1ccccc1. The quantitative estimate of drug-likeness (QED) is 0.680. The standard InChI is InChI=1S/C13H21NO3/c1-3-16-13(17-4-2)12(15)10-14-11-8-6-5-7-9-11/h5-9,12-15H,3-4,10H2,1-2H3. The zero-order valence-corrected chi connectivity index (χ0v) is 10.4. The molecule has 0 bridgehead atoms. The largest absolute Gasteiger partial charge is 0.386 e. The first-order valence-electron chi connectivity index (χ1n) is 5.98. The van der Waals surface area contributed by atoms with Gasteiger partial charge in [0.25, 0.3) is 0 Å². The molecule has 17 heavy (non-hydrogen) atoms. The first-order valence-corrected chi connectivity index (χ1v) is 5.98. The van der Waals surface area contributed by atoms with Gasteiger partial charge in [-0.3, -0.25) is 0 Å². The lowest BCUT2D eigenvalue weighted by Gasteiger charge is -2.23. The van der Waals surface area contributed by atoms with Gasteiger partial charge >= 0.3 is 0 Å². The average Bonchev–Trinajstić information content (AvgIpc) is 2.37. The van der Waals surface area contributed by atoms with Crippen LogP contribution >= 0.6 is 0 Å². The Kier molecular flexibility index (Phi) is 6.62. The fraction of sp³-hybridized carbons (Fsp3) is 0.538. The van der Waals surface area contributed by atoms with Gasteiger partial charge in [0, 0.05) is 25.4 Å². The highest BCUT2D eigenvalue weighted by atomic mass is 16.7. The fourth-order valence-electron chi connectivity index (χ4n) is 1.47. The second kappa shape index (κ2) is 8.06. The summed E-state index contributed by atoms with van der Waals surface area (Å²) >= 11 is 0. The Hall–Kier alpha value is -1.10. The second-order valence-electron chi connectivity index (χ2n) is 3.59. The predicted molar refractivity (Wildman–Crippen MR) is 68.0 cm³/mol. The molecule has 96 valence electrons. The summed E-state index contributed by atoms with van der Waals surface area (Å²) in [5, 5.41) is 13.1. The van der Waals surface area contributed by atoms with Crippen LogP contribution in [0.5, 0.6) is 0 Å². The molecule has 0 radical (unpaired) electrons. The Bertz CT molecular complexity index is 286. The van der Waals surface area contributed by atoms with Crippen molar-refractivity contribution in [1.29, 1.82) is 0 Å². The normalized spacial score (nSPS) is 12.7. The maximum atomic E-state index is 9.92. The van der Waals surface area contributed by atoms with Gasteiger partial charge in [-0.15, -0.1) is 0 Å². The molecule has 0 heterocycles. The lowest BCUT2D eigenvalue weighted by atomic mass is 10.3. The Morgan fingerprint density at radius 3 is 2.24 bits per heavy atom. The number of rotatable bonds is 8. The molecule has 2 N–H and O–H groups in total. The monoisotopic (exact) mass is 239 g/mol. The molecule has 0 aliphatic rings. The van der Waals surface area contributed by atoms with Gasteiger partial charge in [0.2, 0.25) is 0 Å². The molecule has 0 aliphatic carbocycles. The van der Waals surface area contributed by atoms with Crippen LogP contribution in [-0.2, 0) is 9.47 Å². The van der Waals surface area contributed by atoms with Gasteiger partial charge in [0.05, 0.1) is 0 Å². The molecule has 0 saturated carbocycles. The van der Waals surface area contributed by atoms with E-state index in [1.54, 1.807) is 0 Å². The van der Waals surface area contributed by atoms with E-state index in [1.807, 2.05) is 44.2 Å². The number of benzene rings is 1. The Labute approximate surface area is 103 Å². The van der Waals surface area contributed by atoms with Gasteiger partial charge in [-0.1, -0.05) is 18.2 Å². The van der Waals surface area contributed by atoms with E-state index < -0.39 is 12.4 Å². The Morgan fingerprint density at radius 1 is 1.12 bits per heavy atom. The van der Waals surface area contributed by atoms with Crippen LogP contribution in [-0.4, -0.2) is 37.3 Å². The third kappa shape index (κ3) is 5.17. The number of hydrogen-bond acceptors (Lipinski definition) is 4. The molecule has 0 saturated heterocycles. The number of aliphatic hydroxyl groups excluding tert-OH is 1. The lowest BCUT2D eigenvalue weighted by Crippen LogP contribution is -2.37. The van der Waals surface area contributed by atoms with Gasteiger partial charge in [-0.25, -0.2) is 0 Å². The summed E-state index contributed by atoms with van der Waals surface area (Å²) in [5.74, 6) is 0. The van der Waals surface area contributed by atoms with Crippen LogP contribution in [0.25, 0.3) is 0 Å². The van der Waals surface area contributed by atoms with Crippen LogP contribution < -0.4 is 5.32 Å². The summed E-state index contributed by atoms with van der Waals surface area (Å²) in [4.78, 5) is 0. The zero-order chi connectivity index (χ0) is 12.5. The molecule has 4 nitrogen and oxygen atoms in total. The summed E-state index contributed by atoms with van der Waals surface area (Å²) in [5.41, 5.74) is 0.971. The molecule has 4 heteroatoms. The van der Waals surface area contributed by atoms with Crippen molar-refractivity contribution in [3.05, 3.63) is 30.3 Å². The van der Waals surface area contributed by atoms with Crippen LogP contribution in [0.1, 0.15) is 13.8 Å². The molecule has 1 aromatic rings. The highest BCUT2D eigenvalue weighted by Gasteiger charge is 2.19. The van der Waals surface area contributed by atoms with Crippen molar-refractivity contribution in [2.75, 3.05) is 25.1 Å². The predicted octanol–water partition coefficient (Wildman–Crippen LogP) is 1.86. The van der Waals surface area contributed by atoms with Crippen LogP contribution in [0.3, 0.4) is 0 Å². The van der Waals surface area contributed by atoms with Crippen molar-refractivity contribution in [1.82, 2.24) is 0 Å². The van der Waals surface area contributed by atoms with Crippen molar-refractivity contribution in [2.45, 2.75) is 26.2 Å². The molecule has 0 amide bonds. The third-order valence-corrected chi connectivity index (χ3v) is 2.27.